The summed E-state index contributed by atoms with van der Waals surface area (Å²) in [4.78, 5) is 0. The lowest BCUT2D eigenvalue weighted by Gasteiger charge is -2.35. The van der Waals surface area contributed by atoms with Crippen molar-refractivity contribution in [2.24, 2.45) is 0 Å². The lowest BCUT2D eigenvalue weighted by molar-refractivity contribution is 0.0570. The Morgan fingerprint density at radius 3 is 2.32 bits per heavy atom. The molecule has 2 rings (SSSR count). The van der Waals surface area contributed by atoms with Gasteiger partial charge >= 0.3 is 0 Å². The van der Waals surface area contributed by atoms with Crippen LogP contribution < -0.4 is 4.74 Å². The van der Waals surface area contributed by atoms with Crippen LogP contribution in [0.1, 0.15) is 85.1 Å². The Kier molecular flexibility index (Phi) is 8.54. The van der Waals surface area contributed by atoms with Gasteiger partial charge in [-0.3, -0.25) is 0 Å². The molecule has 1 aliphatic heterocycles. The van der Waals surface area contributed by atoms with E-state index in [0.29, 0.717) is 0 Å². The Hall–Kier alpha value is -1.83. The van der Waals surface area contributed by atoms with Crippen molar-refractivity contribution < 1.29 is 9.13 Å². The third-order valence-electron chi connectivity index (χ3n) is 5.59. The van der Waals surface area contributed by atoms with Crippen molar-refractivity contribution in [3.63, 3.8) is 0 Å². The molecule has 0 bridgehead atoms. The predicted molar refractivity (Wildman–Crippen MR) is 118 cm³/mol. The highest BCUT2D eigenvalue weighted by molar-refractivity contribution is 5.36. The molecule has 1 unspecified atom stereocenters. The van der Waals surface area contributed by atoms with Crippen LogP contribution >= 0.6 is 0 Å². The fourth-order valence-electron chi connectivity index (χ4n) is 3.70. The highest BCUT2D eigenvalue weighted by Gasteiger charge is 2.30. The molecule has 0 fully saturated rings. The number of hydrogen-bond donors (Lipinski definition) is 0. The highest BCUT2D eigenvalue weighted by Crippen LogP contribution is 2.36. The smallest absolute Gasteiger partial charge is 0.123 e. The molecule has 1 aromatic carbocycles. The minimum absolute atomic E-state index is 0.150. The second-order valence-electron chi connectivity index (χ2n) is 8.80. The fourth-order valence-corrected chi connectivity index (χ4v) is 3.70. The molecule has 0 saturated carbocycles. The Morgan fingerprint density at radius 1 is 1.00 bits per heavy atom. The SMILES string of the molecule is CC(C)=CCC/C(C)=C/CC/C(C)=C/CCC1(C)CCc2cc(F)ccc2O1. The van der Waals surface area contributed by atoms with Gasteiger partial charge in [-0.05, 0) is 110 Å². The Labute approximate surface area is 171 Å². The van der Waals surface area contributed by atoms with Crippen molar-refractivity contribution in [1.29, 1.82) is 0 Å². The van der Waals surface area contributed by atoms with E-state index in [1.165, 1.54) is 22.8 Å². The van der Waals surface area contributed by atoms with Crippen molar-refractivity contribution in [3.8, 4) is 5.75 Å². The maximum absolute atomic E-state index is 13.4. The molecule has 0 amide bonds. The maximum Gasteiger partial charge on any atom is 0.123 e. The van der Waals surface area contributed by atoms with Gasteiger partial charge in [0.15, 0.2) is 0 Å². The van der Waals surface area contributed by atoms with E-state index in [0.717, 1.165) is 62.7 Å². The van der Waals surface area contributed by atoms with Crippen LogP contribution in [0.5, 0.6) is 5.75 Å². The largest absolute Gasteiger partial charge is 0.487 e. The minimum Gasteiger partial charge on any atom is -0.487 e. The zero-order valence-electron chi connectivity index (χ0n) is 18.4. The van der Waals surface area contributed by atoms with E-state index in [4.69, 9.17) is 4.74 Å². The summed E-state index contributed by atoms with van der Waals surface area (Å²) in [6.45, 7) is 11.0. The van der Waals surface area contributed by atoms with Crippen molar-refractivity contribution in [1.82, 2.24) is 0 Å². The molecule has 28 heavy (non-hydrogen) atoms. The number of fused-ring (bicyclic) bond motifs is 1. The summed E-state index contributed by atoms with van der Waals surface area (Å²) in [6, 6.07) is 4.87. The molecule has 2 heteroatoms. The number of allylic oxidation sites excluding steroid dienone is 6. The molecule has 0 aliphatic carbocycles. The van der Waals surface area contributed by atoms with Gasteiger partial charge in [-0.2, -0.15) is 0 Å². The van der Waals surface area contributed by atoms with Gasteiger partial charge in [0, 0.05) is 0 Å². The topological polar surface area (TPSA) is 9.23 Å². The molecule has 0 spiro atoms. The monoisotopic (exact) mass is 384 g/mol. The van der Waals surface area contributed by atoms with E-state index in [2.05, 4.69) is 52.8 Å². The summed E-state index contributed by atoms with van der Waals surface area (Å²) >= 11 is 0. The van der Waals surface area contributed by atoms with Crippen LogP contribution in [0.15, 0.2) is 53.1 Å². The van der Waals surface area contributed by atoms with E-state index in [-0.39, 0.29) is 11.4 Å². The molecule has 1 atom stereocenters. The quantitative estimate of drug-likeness (QED) is 0.391. The number of hydrogen-bond acceptors (Lipinski definition) is 1. The van der Waals surface area contributed by atoms with Crippen LogP contribution in [-0.4, -0.2) is 5.60 Å². The summed E-state index contributed by atoms with van der Waals surface area (Å²) in [5.41, 5.74) is 5.19. The van der Waals surface area contributed by atoms with Gasteiger partial charge in [0.2, 0.25) is 0 Å². The third kappa shape index (κ3) is 7.66. The van der Waals surface area contributed by atoms with E-state index >= 15 is 0 Å². The van der Waals surface area contributed by atoms with E-state index in [9.17, 15) is 4.39 Å². The average Bonchev–Trinajstić information content (AvgIpc) is 2.61. The predicted octanol–water partition coefficient (Wildman–Crippen LogP) is 8.11. The molecule has 0 saturated heterocycles. The lowest BCUT2D eigenvalue weighted by Crippen LogP contribution is -2.36. The van der Waals surface area contributed by atoms with Crippen LogP contribution in [0.2, 0.25) is 0 Å². The third-order valence-corrected chi connectivity index (χ3v) is 5.59. The van der Waals surface area contributed by atoms with Crippen molar-refractivity contribution in [2.75, 3.05) is 0 Å². The minimum atomic E-state index is -0.175. The highest BCUT2D eigenvalue weighted by atomic mass is 19.1. The molecular weight excluding hydrogens is 347 g/mol. The first kappa shape index (κ1) is 22.5. The Bertz CT molecular complexity index is 737. The molecule has 0 radical (unpaired) electrons. The molecule has 1 aromatic rings. The number of rotatable bonds is 9. The summed E-state index contributed by atoms with van der Waals surface area (Å²) in [7, 11) is 0. The van der Waals surface area contributed by atoms with Gasteiger partial charge in [-0.1, -0.05) is 34.9 Å². The Morgan fingerprint density at radius 2 is 1.64 bits per heavy atom. The number of ether oxygens (including phenoxy) is 1. The van der Waals surface area contributed by atoms with Gasteiger partial charge in [0.05, 0.1) is 0 Å². The van der Waals surface area contributed by atoms with Gasteiger partial charge in [0.1, 0.15) is 17.2 Å². The van der Waals surface area contributed by atoms with E-state index in [1.54, 1.807) is 12.1 Å². The van der Waals surface area contributed by atoms with Crippen LogP contribution in [-0.2, 0) is 6.42 Å². The van der Waals surface area contributed by atoms with Crippen molar-refractivity contribution >= 4 is 0 Å². The first-order chi connectivity index (χ1) is 13.3. The van der Waals surface area contributed by atoms with Gasteiger partial charge in [0.25, 0.3) is 0 Å². The molecule has 1 heterocycles. The number of benzene rings is 1. The fraction of sp³-hybridized carbons (Fsp3) is 0.538. The second kappa shape index (κ2) is 10.6. The van der Waals surface area contributed by atoms with Crippen LogP contribution in [0.4, 0.5) is 4.39 Å². The normalized spacial score (nSPS) is 19.8. The van der Waals surface area contributed by atoms with Gasteiger partial charge < -0.3 is 4.74 Å². The first-order valence-electron chi connectivity index (χ1n) is 10.7. The molecule has 0 N–H and O–H groups in total. The van der Waals surface area contributed by atoms with Crippen molar-refractivity contribution in [2.45, 2.75) is 91.6 Å². The summed E-state index contributed by atoms with van der Waals surface area (Å²) in [5, 5.41) is 0. The maximum atomic E-state index is 13.4. The summed E-state index contributed by atoms with van der Waals surface area (Å²) in [6.07, 6.45) is 15.5. The number of halogens is 1. The molecule has 0 aromatic heterocycles. The zero-order chi connectivity index (χ0) is 20.6. The van der Waals surface area contributed by atoms with E-state index < -0.39 is 0 Å². The second-order valence-corrected chi connectivity index (χ2v) is 8.80. The molecular formula is C26H37FO. The van der Waals surface area contributed by atoms with E-state index in [1.807, 2.05) is 0 Å². The standard InChI is InChI=1S/C26H37FO/c1-20(2)9-6-10-21(3)11-7-12-22(4)13-8-17-26(5)18-16-23-19-24(27)14-15-25(23)28-26/h9,11,13-15,19H,6-8,10,12,16-18H2,1-5H3/b21-11+,22-13+. The Balaban J connectivity index is 1.74. The van der Waals surface area contributed by atoms with Gasteiger partial charge in [-0.25, -0.2) is 4.39 Å². The molecule has 1 aliphatic rings. The average molecular weight is 385 g/mol. The summed E-state index contributed by atoms with van der Waals surface area (Å²) < 4.78 is 19.6. The number of aryl methyl sites for hydroxylation is 1. The summed E-state index contributed by atoms with van der Waals surface area (Å²) in [5.74, 6) is 0.676. The van der Waals surface area contributed by atoms with Gasteiger partial charge in [-0.15, -0.1) is 0 Å². The zero-order valence-corrected chi connectivity index (χ0v) is 18.4. The van der Waals surface area contributed by atoms with Crippen LogP contribution in [0.3, 0.4) is 0 Å². The van der Waals surface area contributed by atoms with Crippen LogP contribution in [0, 0.1) is 5.82 Å². The van der Waals surface area contributed by atoms with Crippen LogP contribution in [0.25, 0.3) is 0 Å². The lowest BCUT2D eigenvalue weighted by atomic mass is 9.88. The molecule has 1 nitrogen and oxygen atoms in total. The van der Waals surface area contributed by atoms with Crippen molar-refractivity contribution in [3.05, 3.63) is 64.5 Å². The first-order valence-corrected chi connectivity index (χ1v) is 10.7. The molecule has 154 valence electrons.